The summed E-state index contributed by atoms with van der Waals surface area (Å²) >= 11 is 0. The Morgan fingerprint density at radius 1 is 1.24 bits per heavy atom. The SMILES string of the molecule is CCCNc1cc(NC2C3(C)CCC(C3)C2(C)C)ncn1. The van der Waals surface area contributed by atoms with E-state index >= 15 is 0 Å². The van der Waals surface area contributed by atoms with Gasteiger partial charge in [-0.1, -0.05) is 27.7 Å². The van der Waals surface area contributed by atoms with Gasteiger partial charge in [0.15, 0.2) is 0 Å². The molecule has 0 radical (unpaired) electrons. The topological polar surface area (TPSA) is 49.8 Å². The van der Waals surface area contributed by atoms with Crippen molar-refractivity contribution in [1.82, 2.24) is 9.97 Å². The summed E-state index contributed by atoms with van der Waals surface area (Å²) in [6.07, 6.45) is 6.83. The van der Waals surface area contributed by atoms with E-state index in [9.17, 15) is 0 Å². The van der Waals surface area contributed by atoms with E-state index in [1.165, 1.54) is 19.3 Å². The predicted octanol–water partition coefficient (Wildman–Crippen LogP) is 3.93. The molecule has 0 amide bonds. The van der Waals surface area contributed by atoms with Gasteiger partial charge in [-0.3, -0.25) is 0 Å². The van der Waals surface area contributed by atoms with E-state index in [4.69, 9.17) is 0 Å². The molecule has 2 bridgehead atoms. The first-order valence-corrected chi connectivity index (χ1v) is 8.28. The van der Waals surface area contributed by atoms with Crippen LogP contribution >= 0.6 is 0 Å². The van der Waals surface area contributed by atoms with Crippen molar-refractivity contribution in [2.75, 3.05) is 17.2 Å². The highest BCUT2D eigenvalue weighted by molar-refractivity contribution is 5.48. The molecule has 2 aliphatic rings. The Balaban J connectivity index is 1.77. The van der Waals surface area contributed by atoms with Crippen molar-refractivity contribution in [3.63, 3.8) is 0 Å². The van der Waals surface area contributed by atoms with Crippen LogP contribution in [-0.2, 0) is 0 Å². The lowest BCUT2D eigenvalue weighted by Gasteiger charge is -2.43. The summed E-state index contributed by atoms with van der Waals surface area (Å²) in [6, 6.07) is 2.54. The summed E-state index contributed by atoms with van der Waals surface area (Å²) in [4.78, 5) is 8.72. The van der Waals surface area contributed by atoms with Crippen molar-refractivity contribution in [3.05, 3.63) is 12.4 Å². The maximum Gasteiger partial charge on any atom is 0.131 e. The van der Waals surface area contributed by atoms with Crippen LogP contribution in [0.4, 0.5) is 11.6 Å². The van der Waals surface area contributed by atoms with Crippen LogP contribution in [0, 0.1) is 16.7 Å². The number of hydrogen-bond donors (Lipinski definition) is 2. The highest BCUT2D eigenvalue weighted by atomic mass is 15.1. The summed E-state index contributed by atoms with van der Waals surface area (Å²) in [5.41, 5.74) is 0.755. The first-order chi connectivity index (χ1) is 9.95. The van der Waals surface area contributed by atoms with Gasteiger partial charge in [-0.15, -0.1) is 0 Å². The van der Waals surface area contributed by atoms with Crippen molar-refractivity contribution in [2.24, 2.45) is 16.7 Å². The van der Waals surface area contributed by atoms with E-state index in [1.54, 1.807) is 6.33 Å². The van der Waals surface area contributed by atoms with Gasteiger partial charge in [0.05, 0.1) is 0 Å². The molecular weight excluding hydrogens is 260 g/mol. The molecule has 0 aromatic carbocycles. The van der Waals surface area contributed by atoms with Gasteiger partial charge < -0.3 is 10.6 Å². The van der Waals surface area contributed by atoms with Crippen LogP contribution in [-0.4, -0.2) is 22.6 Å². The number of rotatable bonds is 5. The molecule has 1 aromatic heterocycles. The van der Waals surface area contributed by atoms with Crippen molar-refractivity contribution in [3.8, 4) is 0 Å². The number of hydrogen-bond acceptors (Lipinski definition) is 4. The first-order valence-electron chi connectivity index (χ1n) is 8.28. The molecule has 4 heteroatoms. The van der Waals surface area contributed by atoms with Crippen LogP contribution in [0.5, 0.6) is 0 Å². The number of nitrogens with one attached hydrogen (secondary N) is 2. The zero-order chi connectivity index (χ0) is 15.1. The number of nitrogens with zero attached hydrogens (tertiary/aromatic N) is 2. The molecule has 116 valence electrons. The molecule has 0 saturated heterocycles. The molecule has 2 N–H and O–H groups in total. The molecule has 2 aliphatic carbocycles. The molecule has 2 fully saturated rings. The lowest BCUT2D eigenvalue weighted by atomic mass is 9.68. The zero-order valence-corrected chi connectivity index (χ0v) is 13.7. The second-order valence-corrected chi connectivity index (χ2v) is 7.71. The van der Waals surface area contributed by atoms with Gasteiger partial charge in [0.25, 0.3) is 0 Å². The van der Waals surface area contributed by atoms with E-state index in [0.29, 0.717) is 16.9 Å². The zero-order valence-electron chi connectivity index (χ0n) is 13.7. The second kappa shape index (κ2) is 5.15. The van der Waals surface area contributed by atoms with E-state index in [1.807, 2.05) is 6.07 Å². The standard InChI is InChI=1S/C17H28N4/c1-5-8-18-13-9-14(20-11-19-13)21-15-16(2,3)12-6-7-17(15,4)10-12/h9,11-12,15H,5-8,10H2,1-4H3,(H2,18,19,20,21). The van der Waals surface area contributed by atoms with Crippen molar-refractivity contribution in [2.45, 2.75) is 59.4 Å². The van der Waals surface area contributed by atoms with Gasteiger partial charge in [0.2, 0.25) is 0 Å². The Kier molecular flexibility index (Phi) is 3.58. The summed E-state index contributed by atoms with van der Waals surface area (Å²) in [6.45, 7) is 10.4. The minimum absolute atomic E-state index is 0.342. The smallest absolute Gasteiger partial charge is 0.131 e. The number of aromatic nitrogens is 2. The summed E-state index contributed by atoms with van der Waals surface area (Å²) < 4.78 is 0. The predicted molar refractivity (Wildman–Crippen MR) is 87.5 cm³/mol. The Labute approximate surface area is 128 Å². The molecule has 4 nitrogen and oxygen atoms in total. The minimum Gasteiger partial charge on any atom is -0.370 e. The normalized spacial score (nSPS) is 33.1. The molecule has 2 saturated carbocycles. The summed E-state index contributed by atoms with van der Waals surface area (Å²) in [5, 5.41) is 7.06. The van der Waals surface area contributed by atoms with E-state index in [0.717, 1.165) is 30.5 Å². The largest absolute Gasteiger partial charge is 0.370 e. The van der Waals surface area contributed by atoms with Crippen LogP contribution in [0.15, 0.2) is 12.4 Å². The fraction of sp³-hybridized carbons (Fsp3) is 0.765. The third-order valence-electron chi connectivity index (χ3n) is 5.79. The lowest BCUT2D eigenvalue weighted by molar-refractivity contribution is 0.155. The Hall–Kier alpha value is -1.32. The van der Waals surface area contributed by atoms with Crippen LogP contribution < -0.4 is 10.6 Å². The van der Waals surface area contributed by atoms with E-state index in [2.05, 4.69) is 48.3 Å². The molecule has 3 unspecified atom stereocenters. The van der Waals surface area contributed by atoms with E-state index in [-0.39, 0.29) is 0 Å². The number of anilines is 2. The van der Waals surface area contributed by atoms with Gasteiger partial charge in [0.1, 0.15) is 18.0 Å². The van der Waals surface area contributed by atoms with Crippen LogP contribution in [0.1, 0.15) is 53.4 Å². The average molecular weight is 288 g/mol. The highest BCUT2D eigenvalue weighted by Gasteiger charge is 2.59. The summed E-state index contributed by atoms with van der Waals surface area (Å²) in [5.74, 6) is 2.72. The van der Waals surface area contributed by atoms with Gasteiger partial charge in [0, 0.05) is 18.7 Å². The van der Waals surface area contributed by atoms with Crippen LogP contribution in [0.2, 0.25) is 0 Å². The van der Waals surface area contributed by atoms with Crippen molar-refractivity contribution < 1.29 is 0 Å². The first kappa shape index (κ1) is 14.6. The monoisotopic (exact) mass is 288 g/mol. The quantitative estimate of drug-likeness (QED) is 0.862. The van der Waals surface area contributed by atoms with Gasteiger partial charge in [-0.05, 0) is 42.4 Å². The number of fused-ring (bicyclic) bond motifs is 2. The maximum absolute atomic E-state index is 4.43. The van der Waals surface area contributed by atoms with Crippen LogP contribution in [0.3, 0.4) is 0 Å². The Morgan fingerprint density at radius 2 is 2.00 bits per heavy atom. The third-order valence-corrected chi connectivity index (χ3v) is 5.79. The average Bonchev–Trinajstić information content (AvgIpc) is 2.93. The fourth-order valence-corrected chi connectivity index (χ4v) is 4.60. The maximum atomic E-state index is 4.43. The lowest BCUT2D eigenvalue weighted by Crippen LogP contribution is -2.46. The third kappa shape index (κ3) is 2.49. The molecule has 1 aromatic rings. The molecule has 3 atom stereocenters. The molecule has 0 spiro atoms. The molecule has 3 rings (SSSR count). The minimum atomic E-state index is 0.342. The van der Waals surface area contributed by atoms with Crippen molar-refractivity contribution in [1.29, 1.82) is 0 Å². The van der Waals surface area contributed by atoms with Gasteiger partial charge >= 0.3 is 0 Å². The molecule has 1 heterocycles. The molecule has 0 aliphatic heterocycles. The molecule has 21 heavy (non-hydrogen) atoms. The van der Waals surface area contributed by atoms with E-state index < -0.39 is 0 Å². The molecular formula is C17H28N4. The summed E-state index contributed by atoms with van der Waals surface area (Å²) in [7, 11) is 0. The second-order valence-electron chi connectivity index (χ2n) is 7.71. The Bertz CT molecular complexity index is 509. The highest BCUT2D eigenvalue weighted by Crippen LogP contribution is 2.63. The Morgan fingerprint density at radius 3 is 2.67 bits per heavy atom. The van der Waals surface area contributed by atoms with Crippen LogP contribution in [0.25, 0.3) is 0 Å². The van der Waals surface area contributed by atoms with Gasteiger partial charge in [-0.2, -0.15) is 0 Å². The van der Waals surface area contributed by atoms with Crippen molar-refractivity contribution >= 4 is 11.6 Å². The van der Waals surface area contributed by atoms with Gasteiger partial charge in [-0.25, -0.2) is 9.97 Å². The fourth-order valence-electron chi connectivity index (χ4n) is 4.60.